The van der Waals surface area contributed by atoms with Gasteiger partial charge in [-0.1, -0.05) is 11.8 Å². The Morgan fingerprint density at radius 1 is 1.33 bits per heavy atom. The number of likely N-dealkylation sites (tertiary alicyclic amines) is 1. The second-order valence-corrected chi connectivity index (χ2v) is 6.46. The highest BCUT2D eigenvalue weighted by Crippen LogP contribution is 2.25. The number of nitrogens with zero attached hydrogens (tertiary/aromatic N) is 5. The van der Waals surface area contributed by atoms with Crippen molar-refractivity contribution in [2.45, 2.75) is 18.0 Å². The quantitative estimate of drug-likeness (QED) is 0.869. The number of thioether (sulfide) groups is 1. The first kappa shape index (κ1) is 14.3. The van der Waals surface area contributed by atoms with Gasteiger partial charge in [0.15, 0.2) is 0 Å². The van der Waals surface area contributed by atoms with Gasteiger partial charge in [-0.3, -0.25) is 0 Å². The molecule has 0 spiro atoms. The molecule has 1 fully saturated rings. The van der Waals surface area contributed by atoms with Crippen LogP contribution in [0.3, 0.4) is 0 Å². The molecule has 2 heterocycles. The van der Waals surface area contributed by atoms with E-state index in [1.54, 1.807) is 28.6 Å². The number of benzene rings is 1. The van der Waals surface area contributed by atoms with Crippen LogP contribution in [0.1, 0.15) is 12.8 Å². The van der Waals surface area contributed by atoms with Crippen LogP contribution >= 0.6 is 11.8 Å². The molecule has 7 heteroatoms. The minimum absolute atomic E-state index is 0.242. The monoisotopic (exact) mass is 305 g/mol. The highest BCUT2D eigenvalue weighted by molar-refractivity contribution is 7.99. The fourth-order valence-corrected chi connectivity index (χ4v) is 3.64. The Labute approximate surface area is 128 Å². The number of hydrogen-bond acceptors (Lipinski definition) is 6. The van der Waals surface area contributed by atoms with Crippen LogP contribution in [0.25, 0.3) is 5.69 Å². The summed E-state index contributed by atoms with van der Waals surface area (Å²) in [5.74, 6) is 1.97. The van der Waals surface area contributed by atoms with Crippen LogP contribution in [0, 0.1) is 5.92 Å². The van der Waals surface area contributed by atoms with E-state index in [0.717, 1.165) is 23.1 Å². The van der Waals surface area contributed by atoms with E-state index in [2.05, 4.69) is 27.5 Å². The SMILES string of the molecule is CN1CCCC(CSc2nnnn2-c2ccc(O)cc2)C1. The van der Waals surface area contributed by atoms with Gasteiger partial charge in [0.1, 0.15) is 5.75 Å². The standard InChI is InChI=1S/C14H19N5OS/c1-18-8-2-3-11(9-18)10-21-14-15-16-17-19(14)12-4-6-13(20)7-5-12/h4-7,11,20H,2-3,8-10H2,1H3. The van der Waals surface area contributed by atoms with Gasteiger partial charge in [-0.2, -0.15) is 4.68 Å². The molecule has 0 radical (unpaired) electrons. The van der Waals surface area contributed by atoms with E-state index < -0.39 is 0 Å². The fraction of sp³-hybridized carbons (Fsp3) is 0.500. The van der Waals surface area contributed by atoms with Gasteiger partial charge in [0.25, 0.3) is 0 Å². The van der Waals surface area contributed by atoms with E-state index in [0.29, 0.717) is 5.92 Å². The van der Waals surface area contributed by atoms with Crippen molar-refractivity contribution in [3.05, 3.63) is 24.3 Å². The predicted molar refractivity (Wildman–Crippen MR) is 81.8 cm³/mol. The minimum atomic E-state index is 0.242. The van der Waals surface area contributed by atoms with Gasteiger partial charge >= 0.3 is 0 Å². The first-order valence-corrected chi connectivity index (χ1v) is 8.10. The molecule has 1 aliphatic heterocycles. The predicted octanol–water partition coefficient (Wildman–Crippen LogP) is 1.80. The Balaban J connectivity index is 1.66. The maximum absolute atomic E-state index is 9.35. The maximum Gasteiger partial charge on any atom is 0.214 e. The van der Waals surface area contributed by atoms with Gasteiger partial charge in [0.2, 0.25) is 5.16 Å². The van der Waals surface area contributed by atoms with Crippen LogP contribution in [-0.2, 0) is 0 Å². The van der Waals surface area contributed by atoms with Crippen molar-refractivity contribution in [3.8, 4) is 11.4 Å². The molecule has 1 saturated heterocycles. The Bertz CT molecular complexity index is 585. The summed E-state index contributed by atoms with van der Waals surface area (Å²) in [5, 5.41) is 22.1. The average molecular weight is 305 g/mol. The Morgan fingerprint density at radius 2 is 2.14 bits per heavy atom. The normalized spacial score (nSPS) is 19.8. The largest absolute Gasteiger partial charge is 0.508 e. The zero-order valence-electron chi connectivity index (χ0n) is 12.0. The van der Waals surface area contributed by atoms with Gasteiger partial charge in [-0.05, 0) is 67.0 Å². The number of aromatic hydroxyl groups is 1. The summed E-state index contributed by atoms with van der Waals surface area (Å²) in [6.45, 7) is 2.35. The van der Waals surface area contributed by atoms with Crippen molar-refractivity contribution in [3.63, 3.8) is 0 Å². The molecule has 112 valence electrons. The molecule has 0 bridgehead atoms. The number of tetrazole rings is 1. The molecule has 1 atom stereocenters. The van der Waals surface area contributed by atoms with Crippen molar-refractivity contribution in [2.75, 3.05) is 25.9 Å². The smallest absolute Gasteiger partial charge is 0.214 e. The summed E-state index contributed by atoms with van der Waals surface area (Å²) in [6, 6.07) is 6.90. The van der Waals surface area contributed by atoms with Crippen molar-refractivity contribution in [1.29, 1.82) is 0 Å². The van der Waals surface area contributed by atoms with Crippen molar-refractivity contribution < 1.29 is 5.11 Å². The summed E-state index contributed by atoms with van der Waals surface area (Å²) < 4.78 is 1.72. The molecule has 0 aliphatic carbocycles. The molecule has 1 aliphatic rings. The molecular formula is C14H19N5OS. The Hall–Kier alpha value is -1.60. The minimum Gasteiger partial charge on any atom is -0.508 e. The topological polar surface area (TPSA) is 67.1 Å². The number of phenolic OH excluding ortho intramolecular Hbond substituents is 1. The van der Waals surface area contributed by atoms with Crippen molar-refractivity contribution in [2.24, 2.45) is 5.92 Å². The lowest BCUT2D eigenvalue weighted by Gasteiger charge is -2.29. The molecule has 1 aromatic heterocycles. The molecule has 21 heavy (non-hydrogen) atoms. The maximum atomic E-state index is 9.35. The number of hydrogen-bond donors (Lipinski definition) is 1. The van der Waals surface area contributed by atoms with E-state index in [-0.39, 0.29) is 5.75 Å². The summed E-state index contributed by atoms with van der Waals surface area (Å²) in [7, 11) is 2.18. The molecule has 1 unspecified atom stereocenters. The number of phenols is 1. The molecule has 6 nitrogen and oxygen atoms in total. The summed E-state index contributed by atoms with van der Waals surface area (Å²) in [5.41, 5.74) is 0.862. The summed E-state index contributed by atoms with van der Waals surface area (Å²) in [6.07, 6.45) is 2.54. The second-order valence-electron chi connectivity index (χ2n) is 5.47. The van der Waals surface area contributed by atoms with Gasteiger partial charge in [-0.15, -0.1) is 5.10 Å². The lowest BCUT2D eigenvalue weighted by molar-refractivity contribution is 0.224. The molecule has 0 saturated carbocycles. The van der Waals surface area contributed by atoms with Crippen LogP contribution in [0.15, 0.2) is 29.4 Å². The third-order valence-corrected chi connectivity index (χ3v) is 4.86. The lowest BCUT2D eigenvalue weighted by atomic mass is 10.0. The zero-order valence-corrected chi connectivity index (χ0v) is 12.8. The molecule has 1 aromatic carbocycles. The molecule has 2 aromatic rings. The average Bonchev–Trinajstić information content (AvgIpc) is 2.94. The summed E-state index contributed by atoms with van der Waals surface area (Å²) in [4.78, 5) is 2.39. The van der Waals surface area contributed by atoms with Crippen LogP contribution in [0.2, 0.25) is 0 Å². The number of piperidine rings is 1. The van der Waals surface area contributed by atoms with E-state index in [4.69, 9.17) is 0 Å². The van der Waals surface area contributed by atoms with E-state index in [1.807, 2.05) is 12.1 Å². The van der Waals surface area contributed by atoms with Crippen LogP contribution in [0.5, 0.6) is 5.75 Å². The van der Waals surface area contributed by atoms with E-state index in [9.17, 15) is 5.11 Å². The first-order valence-electron chi connectivity index (χ1n) is 7.11. The van der Waals surface area contributed by atoms with E-state index >= 15 is 0 Å². The Kier molecular flexibility index (Phi) is 4.40. The molecule has 1 N–H and O–H groups in total. The van der Waals surface area contributed by atoms with Gasteiger partial charge in [0, 0.05) is 12.3 Å². The van der Waals surface area contributed by atoms with E-state index in [1.165, 1.54) is 19.4 Å². The third-order valence-electron chi connectivity index (χ3n) is 3.71. The first-order chi connectivity index (χ1) is 10.2. The van der Waals surface area contributed by atoms with Crippen LogP contribution in [0.4, 0.5) is 0 Å². The fourth-order valence-electron chi connectivity index (χ4n) is 2.63. The summed E-state index contributed by atoms with van der Waals surface area (Å²) >= 11 is 1.70. The Morgan fingerprint density at radius 3 is 2.90 bits per heavy atom. The lowest BCUT2D eigenvalue weighted by Crippen LogP contribution is -2.33. The van der Waals surface area contributed by atoms with Crippen molar-refractivity contribution >= 4 is 11.8 Å². The third kappa shape index (κ3) is 3.54. The van der Waals surface area contributed by atoms with Gasteiger partial charge in [-0.25, -0.2) is 0 Å². The van der Waals surface area contributed by atoms with Gasteiger partial charge in [0.05, 0.1) is 5.69 Å². The highest BCUT2D eigenvalue weighted by Gasteiger charge is 2.19. The van der Waals surface area contributed by atoms with Crippen LogP contribution < -0.4 is 0 Å². The number of rotatable bonds is 4. The van der Waals surface area contributed by atoms with Crippen molar-refractivity contribution in [1.82, 2.24) is 25.1 Å². The molecule has 0 amide bonds. The molecular weight excluding hydrogens is 286 g/mol. The van der Waals surface area contributed by atoms with Crippen LogP contribution in [-0.4, -0.2) is 56.1 Å². The number of aromatic nitrogens is 4. The second kappa shape index (κ2) is 6.44. The van der Waals surface area contributed by atoms with Gasteiger partial charge < -0.3 is 10.0 Å². The zero-order chi connectivity index (χ0) is 14.7. The highest BCUT2D eigenvalue weighted by atomic mass is 32.2. The molecule has 3 rings (SSSR count).